The van der Waals surface area contributed by atoms with E-state index < -0.39 is 0 Å². The minimum atomic E-state index is 0.766. The van der Waals surface area contributed by atoms with E-state index in [-0.39, 0.29) is 0 Å². The van der Waals surface area contributed by atoms with E-state index >= 15 is 0 Å². The maximum absolute atomic E-state index is 5.47. The number of nitrogens with zero attached hydrogens (tertiary/aromatic N) is 1. The Morgan fingerprint density at radius 1 is 0.870 bits per heavy atom. The summed E-state index contributed by atoms with van der Waals surface area (Å²) in [5.41, 5.74) is 4.96. The van der Waals surface area contributed by atoms with Crippen LogP contribution in [-0.2, 0) is 13.0 Å². The van der Waals surface area contributed by atoms with Gasteiger partial charge in [0.25, 0.3) is 0 Å². The minimum Gasteiger partial charge on any atom is -0.497 e. The first kappa shape index (κ1) is 14.0. The van der Waals surface area contributed by atoms with E-state index in [1.165, 1.54) is 27.7 Å². The van der Waals surface area contributed by atoms with Gasteiger partial charge in [-0.25, -0.2) is 0 Å². The molecule has 0 atom stereocenters. The molecule has 0 amide bonds. The van der Waals surface area contributed by atoms with Crippen molar-refractivity contribution in [1.29, 1.82) is 0 Å². The van der Waals surface area contributed by atoms with E-state index in [1.54, 1.807) is 21.3 Å². The second-order valence-corrected chi connectivity index (χ2v) is 5.72. The van der Waals surface area contributed by atoms with Gasteiger partial charge in [-0.1, -0.05) is 0 Å². The van der Waals surface area contributed by atoms with Gasteiger partial charge in [0.2, 0.25) is 0 Å². The third-order valence-electron chi connectivity index (χ3n) is 4.60. The largest absolute Gasteiger partial charge is 0.497 e. The monoisotopic (exact) mass is 309 g/mol. The minimum absolute atomic E-state index is 0.766. The lowest BCUT2D eigenvalue weighted by Gasteiger charge is -2.22. The predicted molar refractivity (Wildman–Crippen MR) is 90.7 cm³/mol. The lowest BCUT2D eigenvalue weighted by molar-refractivity contribution is 0.354. The summed E-state index contributed by atoms with van der Waals surface area (Å²) in [6, 6.07) is 12.6. The Kier molecular flexibility index (Phi) is 3.18. The Morgan fingerprint density at radius 2 is 1.65 bits per heavy atom. The molecule has 4 nitrogen and oxygen atoms in total. The van der Waals surface area contributed by atoms with Gasteiger partial charge in [0, 0.05) is 28.7 Å². The predicted octanol–water partition coefficient (Wildman–Crippen LogP) is 3.89. The van der Waals surface area contributed by atoms with Crippen molar-refractivity contribution in [2.45, 2.75) is 13.0 Å². The van der Waals surface area contributed by atoms with Crippen molar-refractivity contribution < 1.29 is 14.2 Å². The molecule has 0 saturated carbocycles. The van der Waals surface area contributed by atoms with Gasteiger partial charge in [-0.2, -0.15) is 0 Å². The fourth-order valence-corrected chi connectivity index (χ4v) is 3.44. The van der Waals surface area contributed by atoms with Gasteiger partial charge in [0.05, 0.1) is 21.3 Å². The zero-order chi connectivity index (χ0) is 16.0. The summed E-state index contributed by atoms with van der Waals surface area (Å²) >= 11 is 0. The highest BCUT2D eigenvalue weighted by atomic mass is 16.5. The zero-order valence-corrected chi connectivity index (χ0v) is 13.6. The molecule has 3 aromatic rings. The summed E-state index contributed by atoms with van der Waals surface area (Å²) in [5.74, 6) is 2.44. The van der Waals surface area contributed by atoms with Crippen molar-refractivity contribution in [1.82, 2.24) is 4.57 Å². The molecule has 0 saturated heterocycles. The van der Waals surface area contributed by atoms with Gasteiger partial charge in [0.15, 0.2) is 11.5 Å². The maximum atomic E-state index is 5.47. The smallest absolute Gasteiger partial charge is 0.161 e. The first-order chi connectivity index (χ1) is 11.2. The molecule has 118 valence electrons. The van der Waals surface area contributed by atoms with Crippen LogP contribution in [0.25, 0.3) is 22.2 Å². The summed E-state index contributed by atoms with van der Waals surface area (Å²) in [4.78, 5) is 0. The van der Waals surface area contributed by atoms with Crippen LogP contribution < -0.4 is 14.2 Å². The first-order valence-corrected chi connectivity index (χ1v) is 7.67. The number of rotatable bonds is 3. The molecule has 0 radical (unpaired) electrons. The number of ether oxygens (including phenoxy) is 3. The summed E-state index contributed by atoms with van der Waals surface area (Å²) in [6.45, 7) is 0.966. The topological polar surface area (TPSA) is 32.6 Å². The highest BCUT2D eigenvalue weighted by Gasteiger charge is 2.21. The van der Waals surface area contributed by atoms with E-state index in [1.807, 2.05) is 6.07 Å². The van der Waals surface area contributed by atoms with E-state index in [0.29, 0.717) is 0 Å². The molecule has 1 aliphatic rings. The number of methoxy groups -OCH3 is 3. The Hall–Kier alpha value is -2.62. The highest BCUT2D eigenvalue weighted by molar-refractivity contribution is 5.89. The molecule has 4 rings (SSSR count). The second kappa shape index (κ2) is 5.23. The summed E-state index contributed by atoms with van der Waals surface area (Å²) in [7, 11) is 5.05. The van der Waals surface area contributed by atoms with Crippen LogP contribution in [0.1, 0.15) is 5.56 Å². The lowest BCUT2D eigenvalue weighted by Crippen LogP contribution is -2.10. The molecular formula is C19H19NO3. The van der Waals surface area contributed by atoms with Crippen molar-refractivity contribution in [3.8, 4) is 28.5 Å². The molecule has 1 aliphatic heterocycles. The lowest BCUT2D eigenvalue weighted by atomic mass is 9.97. The molecule has 0 spiro atoms. The van der Waals surface area contributed by atoms with Crippen LogP contribution in [0.15, 0.2) is 36.4 Å². The summed E-state index contributed by atoms with van der Waals surface area (Å²) in [5, 5.41) is 1.20. The summed E-state index contributed by atoms with van der Waals surface area (Å²) < 4.78 is 18.6. The van der Waals surface area contributed by atoms with Crippen LogP contribution in [0.3, 0.4) is 0 Å². The average molecular weight is 309 g/mol. The molecule has 0 unspecified atom stereocenters. The highest BCUT2D eigenvalue weighted by Crippen LogP contribution is 2.41. The molecule has 0 aliphatic carbocycles. The molecular weight excluding hydrogens is 290 g/mol. The van der Waals surface area contributed by atoms with Crippen LogP contribution in [0.5, 0.6) is 17.2 Å². The number of aromatic nitrogens is 1. The van der Waals surface area contributed by atoms with Crippen LogP contribution in [0, 0.1) is 0 Å². The van der Waals surface area contributed by atoms with Gasteiger partial charge >= 0.3 is 0 Å². The number of hydrogen-bond acceptors (Lipinski definition) is 3. The van der Waals surface area contributed by atoms with Crippen molar-refractivity contribution in [2.24, 2.45) is 0 Å². The van der Waals surface area contributed by atoms with Gasteiger partial charge in [0.1, 0.15) is 5.75 Å². The van der Waals surface area contributed by atoms with Crippen LogP contribution >= 0.6 is 0 Å². The fraction of sp³-hybridized carbons (Fsp3) is 0.263. The Labute approximate surface area is 135 Å². The Bertz CT molecular complexity index is 895. The molecule has 0 bridgehead atoms. The van der Waals surface area contributed by atoms with Crippen molar-refractivity contribution in [2.75, 3.05) is 21.3 Å². The average Bonchev–Trinajstić information content (AvgIpc) is 2.98. The quantitative estimate of drug-likeness (QED) is 0.736. The zero-order valence-electron chi connectivity index (χ0n) is 13.6. The van der Waals surface area contributed by atoms with E-state index in [9.17, 15) is 0 Å². The van der Waals surface area contributed by atoms with Gasteiger partial charge in [-0.3, -0.25) is 0 Å². The van der Waals surface area contributed by atoms with Crippen LogP contribution in [-0.4, -0.2) is 25.9 Å². The van der Waals surface area contributed by atoms with Gasteiger partial charge in [-0.05, 0) is 48.4 Å². The van der Waals surface area contributed by atoms with E-state index in [2.05, 4.69) is 34.9 Å². The summed E-state index contributed by atoms with van der Waals surface area (Å²) in [6.07, 6.45) is 0.985. The molecule has 0 fully saturated rings. The number of fused-ring (bicyclic) bond motifs is 5. The van der Waals surface area contributed by atoms with Gasteiger partial charge < -0.3 is 18.8 Å². The van der Waals surface area contributed by atoms with Crippen molar-refractivity contribution in [3.63, 3.8) is 0 Å². The molecule has 2 aromatic carbocycles. The third-order valence-corrected chi connectivity index (χ3v) is 4.60. The Balaban J connectivity index is 1.95. The second-order valence-electron chi connectivity index (χ2n) is 5.72. The number of benzene rings is 2. The Morgan fingerprint density at radius 3 is 2.39 bits per heavy atom. The number of aryl methyl sites for hydroxylation is 2. The molecule has 1 aromatic heterocycles. The normalized spacial score (nSPS) is 12.7. The van der Waals surface area contributed by atoms with E-state index in [4.69, 9.17) is 14.2 Å². The molecule has 23 heavy (non-hydrogen) atoms. The molecule has 2 heterocycles. The van der Waals surface area contributed by atoms with Crippen LogP contribution in [0.4, 0.5) is 0 Å². The van der Waals surface area contributed by atoms with Crippen LogP contribution in [0.2, 0.25) is 0 Å². The third kappa shape index (κ3) is 2.05. The SMILES string of the molecule is COc1ccc2c(c1)cc1n2CCc2cc(OC)c(OC)cc2-1. The van der Waals surface area contributed by atoms with Crippen molar-refractivity contribution >= 4 is 10.9 Å². The number of hydrogen-bond donors (Lipinski definition) is 0. The first-order valence-electron chi connectivity index (χ1n) is 7.67. The standard InChI is InChI=1S/C19H19NO3/c1-21-14-4-5-16-13(8-14)9-17-15-11-19(23-3)18(22-2)10-12(15)6-7-20(16)17/h4-5,8-11H,6-7H2,1-3H3. The van der Waals surface area contributed by atoms with Gasteiger partial charge in [-0.15, -0.1) is 0 Å². The fourth-order valence-electron chi connectivity index (χ4n) is 3.44. The molecule has 0 N–H and O–H groups in total. The molecule has 4 heteroatoms. The van der Waals surface area contributed by atoms with Crippen molar-refractivity contribution in [3.05, 3.63) is 42.0 Å². The maximum Gasteiger partial charge on any atom is 0.161 e. The van der Waals surface area contributed by atoms with E-state index in [0.717, 1.165) is 30.2 Å².